The minimum atomic E-state index is -3.43. The van der Waals surface area contributed by atoms with E-state index in [4.69, 9.17) is 0 Å². The fraction of sp³-hybridized carbons (Fsp3) is 0.625. The molecule has 1 aromatic carbocycles. The Morgan fingerprint density at radius 3 is 2.48 bits per heavy atom. The summed E-state index contributed by atoms with van der Waals surface area (Å²) in [5, 5.41) is 3.20. The maximum Gasteiger partial charge on any atom is 0.240 e. The SMILES string of the molecule is CCNCc1cccc(S(=O)(=O)NC(C)CCC(C)C)c1. The molecule has 0 aliphatic carbocycles. The molecular formula is C16H28N2O2S. The monoisotopic (exact) mass is 312 g/mol. The molecule has 120 valence electrons. The molecular weight excluding hydrogens is 284 g/mol. The lowest BCUT2D eigenvalue weighted by atomic mass is 10.1. The Morgan fingerprint density at radius 1 is 1.14 bits per heavy atom. The van der Waals surface area contributed by atoms with E-state index in [0.717, 1.165) is 24.9 Å². The zero-order valence-corrected chi connectivity index (χ0v) is 14.3. The molecule has 0 saturated heterocycles. The van der Waals surface area contributed by atoms with Crippen LogP contribution in [0.1, 0.15) is 46.1 Å². The minimum absolute atomic E-state index is 0.0465. The summed E-state index contributed by atoms with van der Waals surface area (Å²) in [6.07, 6.45) is 1.87. The minimum Gasteiger partial charge on any atom is -0.313 e. The largest absolute Gasteiger partial charge is 0.313 e. The Labute approximate surface area is 129 Å². The first kappa shape index (κ1) is 18.1. The molecule has 1 atom stereocenters. The van der Waals surface area contributed by atoms with Crippen molar-refractivity contribution in [1.82, 2.24) is 10.0 Å². The van der Waals surface area contributed by atoms with Crippen LogP contribution in [0.4, 0.5) is 0 Å². The summed E-state index contributed by atoms with van der Waals surface area (Å²) >= 11 is 0. The van der Waals surface area contributed by atoms with Crippen molar-refractivity contribution in [1.29, 1.82) is 0 Å². The van der Waals surface area contributed by atoms with Gasteiger partial charge in [-0.1, -0.05) is 32.9 Å². The van der Waals surface area contributed by atoms with Crippen LogP contribution in [0.3, 0.4) is 0 Å². The van der Waals surface area contributed by atoms with Gasteiger partial charge in [0.15, 0.2) is 0 Å². The van der Waals surface area contributed by atoms with Gasteiger partial charge in [-0.2, -0.15) is 0 Å². The third-order valence-corrected chi connectivity index (χ3v) is 4.91. The van der Waals surface area contributed by atoms with Crippen molar-refractivity contribution in [2.24, 2.45) is 5.92 Å². The highest BCUT2D eigenvalue weighted by molar-refractivity contribution is 7.89. The Hall–Kier alpha value is -0.910. The molecule has 0 aliphatic heterocycles. The van der Waals surface area contributed by atoms with E-state index >= 15 is 0 Å². The second-order valence-electron chi connectivity index (χ2n) is 5.92. The van der Waals surface area contributed by atoms with Gasteiger partial charge in [-0.25, -0.2) is 13.1 Å². The van der Waals surface area contributed by atoms with Crippen molar-refractivity contribution in [3.63, 3.8) is 0 Å². The van der Waals surface area contributed by atoms with Gasteiger partial charge in [-0.05, 0) is 49.9 Å². The van der Waals surface area contributed by atoms with E-state index in [-0.39, 0.29) is 6.04 Å². The Balaban J connectivity index is 2.73. The first-order valence-electron chi connectivity index (χ1n) is 7.67. The second-order valence-corrected chi connectivity index (χ2v) is 7.64. The van der Waals surface area contributed by atoms with Gasteiger partial charge in [0, 0.05) is 12.6 Å². The molecule has 0 spiro atoms. The highest BCUT2D eigenvalue weighted by Gasteiger charge is 2.17. The Kier molecular flexibility index (Phi) is 7.35. The van der Waals surface area contributed by atoms with Crippen molar-refractivity contribution in [3.05, 3.63) is 29.8 Å². The van der Waals surface area contributed by atoms with Crippen molar-refractivity contribution in [2.45, 2.75) is 58.0 Å². The van der Waals surface area contributed by atoms with E-state index in [1.54, 1.807) is 18.2 Å². The third kappa shape index (κ3) is 6.59. The third-order valence-electron chi connectivity index (χ3n) is 3.32. The van der Waals surface area contributed by atoms with Crippen molar-refractivity contribution < 1.29 is 8.42 Å². The molecule has 0 aromatic heterocycles. The Morgan fingerprint density at radius 2 is 1.86 bits per heavy atom. The van der Waals surface area contributed by atoms with E-state index in [2.05, 4.69) is 23.9 Å². The summed E-state index contributed by atoms with van der Waals surface area (Å²) in [5.41, 5.74) is 0.981. The quantitative estimate of drug-likeness (QED) is 0.737. The molecule has 0 heterocycles. The first-order chi connectivity index (χ1) is 9.85. The Bertz CT molecular complexity index is 527. The van der Waals surface area contributed by atoms with Crippen LogP contribution in [0.5, 0.6) is 0 Å². The van der Waals surface area contributed by atoms with Crippen LogP contribution in [0.25, 0.3) is 0 Å². The highest BCUT2D eigenvalue weighted by Crippen LogP contribution is 2.14. The van der Waals surface area contributed by atoms with Crippen LogP contribution in [0.15, 0.2) is 29.2 Å². The standard InChI is InChI=1S/C16H28N2O2S/c1-5-17-12-15-7-6-8-16(11-15)21(19,20)18-14(4)10-9-13(2)3/h6-8,11,13-14,17-18H,5,9-10,12H2,1-4H3. The van der Waals surface area contributed by atoms with Gasteiger partial charge in [0.1, 0.15) is 0 Å². The highest BCUT2D eigenvalue weighted by atomic mass is 32.2. The molecule has 4 nitrogen and oxygen atoms in total. The van der Waals surface area contributed by atoms with Gasteiger partial charge in [-0.3, -0.25) is 0 Å². The van der Waals surface area contributed by atoms with E-state index in [1.165, 1.54) is 0 Å². The molecule has 2 N–H and O–H groups in total. The lowest BCUT2D eigenvalue weighted by Crippen LogP contribution is -2.32. The van der Waals surface area contributed by atoms with Crippen LogP contribution in [-0.2, 0) is 16.6 Å². The molecule has 5 heteroatoms. The van der Waals surface area contributed by atoms with E-state index in [0.29, 0.717) is 17.4 Å². The van der Waals surface area contributed by atoms with E-state index in [9.17, 15) is 8.42 Å². The van der Waals surface area contributed by atoms with Gasteiger partial charge in [0.05, 0.1) is 4.90 Å². The molecule has 1 rings (SSSR count). The van der Waals surface area contributed by atoms with Crippen molar-refractivity contribution in [3.8, 4) is 0 Å². The first-order valence-corrected chi connectivity index (χ1v) is 9.15. The predicted octanol–water partition coefficient (Wildman–Crippen LogP) is 2.90. The molecule has 1 aromatic rings. The summed E-state index contributed by atoms with van der Waals surface area (Å²) < 4.78 is 27.5. The lowest BCUT2D eigenvalue weighted by Gasteiger charge is -2.16. The zero-order chi connectivity index (χ0) is 15.9. The van der Waals surface area contributed by atoms with Gasteiger partial charge >= 0.3 is 0 Å². The summed E-state index contributed by atoms with van der Waals surface area (Å²) in [7, 11) is -3.43. The molecule has 0 saturated carbocycles. The van der Waals surface area contributed by atoms with Crippen LogP contribution < -0.4 is 10.0 Å². The normalized spacial score (nSPS) is 13.6. The number of sulfonamides is 1. The molecule has 0 amide bonds. The average Bonchev–Trinajstić information content (AvgIpc) is 2.43. The lowest BCUT2D eigenvalue weighted by molar-refractivity contribution is 0.485. The molecule has 1 unspecified atom stereocenters. The summed E-state index contributed by atoms with van der Waals surface area (Å²) in [6, 6.07) is 7.06. The smallest absolute Gasteiger partial charge is 0.240 e. The zero-order valence-electron chi connectivity index (χ0n) is 13.5. The van der Waals surface area contributed by atoms with Gasteiger partial charge in [-0.15, -0.1) is 0 Å². The van der Waals surface area contributed by atoms with E-state index < -0.39 is 10.0 Å². The maximum absolute atomic E-state index is 12.4. The fourth-order valence-electron chi connectivity index (χ4n) is 2.07. The number of nitrogens with one attached hydrogen (secondary N) is 2. The average molecular weight is 312 g/mol. The predicted molar refractivity (Wildman–Crippen MR) is 87.7 cm³/mol. The van der Waals surface area contributed by atoms with Gasteiger partial charge < -0.3 is 5.32 Å². The van der Waals surface area contributed by atoms with Crippen LogP contribution in [-0.4, -0.2) is 21.0 Å². The number of hydrogen-bond donors (Lipinski definition) is 2. The molecule has 0 radical (unpaired) electrons. The summed E-state index contributed by atoms with van der Waals surface area (Å²) in [6.45, 7) is 9.78. The molecule has 0 bridgehead atoms. The summed E-state index contributed by atoms with van der Waals surface area (Å²) in [4.78, 5) is 0.342. The number of hydrogen-bond acceptors (Lipinski definition) is 3. The van der Waals surface area contributed by atoms with Crippen molar-refractivity contribution in [2.75, 3.05) is 6.54 Å². The maximum atomic E-state index is 12.4. The van der Waals surface area contributed by atoms with Crippen molar-refractivity contribution >= 4 is 10.0 Å². The number of benzene rings is 1. The van der Waals surface area contributed by atoms with E-state index in [1.807, 2.05) is 19.9 Å². The molecule has 21 heavy (non-hydrogen) atoms. The fourth-order valence-corrected chi connectivity index (χ4v) is 3.42. The molecule has 0 fully saturated rings. The van der Waals surface area contributed by atoms with Crippen LogP contribution in [0, 0.1) is 5.92 Å². The van der Waals surface area contributed by atoms with Gasteiger partial charge in [0.25, 0.3) is 0 Å². The topological polar surface area (TPSA) is 58.2 Å². The van der Waals surface area contributed by atoms with Crippen LogP contribution >= 0.6 is 0 Å². The molecule has 0 aliphatic rings. The second kappa shape index (κ2) is 8.51. The van der Waals surface area contributed by atoms with Gasteiger partial charge in [0.2, 0.25) is 10.0 Å². The number of rotatable bonds is 9. The summed E-state index contributed by atoms with van der Waals surface area (Å²) in [5.74, 6) is 0.584. The van der Waals surface area contributed by atoms with Crippen LogP contribution in [0.2, 0.25) is 0 Å².